The van der Waals surface area contributed by atoms with Crippen molar-refractivity contribution < 1.29 is 14.4 Å². The molecule has 1 aromatic rings. The second-order valence-corrected chi connectivity index (χ2v) is 5.27. The lowest BCUT2D eigenvalue weighted by molar-refractivity contribution is -0.131. The predicted molar refractivity (Wildman–Crippen MR) is 83.8 cm³/mol. The van der Waals surface area contributed by atoms with Crippen LogP contribution in [-0.2, 0) is 14.4 Å². The van der Waals surface area contributed by atoms with Crippen LogP contribution in [0.3, 0.4) is 0 Å². The fourth-order valence-electron chi connectivity index (χ4n) is 2.03. The first kappa shape index (κ1) is 16.3. The number of carbonyl (C=O) groups is 2. The summed E-state index contributed by atoms with van der Waals surface area (Å²) in [5.74, 6) is -0.356. The molecular formula is C15H18ClN3O3. The molecule has 6 nitrogen and oxygen atoms in total. The van der Waals surface area contributed by atoms with Gasteiger partial charge in [-0.25, -0.2) is 0 Å². The number of halogens is 1. The van der Waals surface area contributed by atoms with Crippen LogP contribution >= 0.6 is 11.6 Å². The number of nitrogens with zero attached hydrogens (tertiary/aromatic N) is 1. The van der Waals surface area contributed by atoms with Crippen molar-refractivity contribution in [2.75, 3.05) is 13.1 Å². The lowest BCUT2D eigenvalue weighted by Crippen LogP contribution is -2.37. The van der Waals surface area contributed by atoms with Gasteiger partial charge in [0.05, 0.1) is 5.71 Å². The van der Waals surface area contributed by atoms with Gasteiger partial charge >= 0.3 is 0 Å². The Morgan fingerprint density at radius 2 is 2.05 bits per heavy atom. The largest absolute Gasteiger partial charge is 0.382 e. The molecule has 0 radical (unpaired) electrons. The van der Waals surface area contributed by atoms with Crippen molar-refractivity contribution in [2.24, 2.45) is 5.16 Å². The van der Waals surface area contributed by atoms with Gasteiger partial charge in [-0.15, -0.1) is 0 Å². The Labute approximate surface area is 133 Å². The molecule has 1 aromatic carbocycles. The van der Waals surface area contributed by atoms with E-state index in [9.17, 15) is 9.59 Å². The van der Waals surface area contributed by atoms with E-state index in [1.54, 1.807) is 12.1 Å². The molecule has 1 aliphatic heterocycles. The Kier molecular flexibility index (Phi) is 5.77. The van der Waals surface area contributed by atoms with Crippen LogP contribution in [0.15, 0.2) is 29.4 Å². The van der Waals surface area contributed by atoms with Crippen LogP contribution in [0.4, 0.5) is 0 Å². The van der Waals surface area contributed by atoms with E-state index < -0.39 is 6.10 Å². The number of rotatable bonds is 6. The van der Waals surface area contributed by atoms with Crippen LogP contribution in [0.25, 0.3) is 0 Å². The number of oxime groups is 1. The molecule has 2 amide bonds. The highest BCUT2D eigenvalue weighted by atomic mass is 35.5. The monoisotopic (exact) mass is 323 g/mol. The van der Waals surface area contributed by atoms with Crippen molar-refractivity contribution in [1.82, 2.24) is 10.6 Å². The van der Waals surface area contributed by atoms with Gasteiger partial charge in [-0.2, -0.15) is 0 Å². The molecule has 1 aliphatic rings. The van der Waals surface area contributed by atoms with Crippen molar-refractivity contribution in [3.8, 4) is 0 Å². The minimum Gasteiger partial charge on any atom is -0.382 e. The standard InChI is InChI=1S/C15H18ClN3O3/c1-2-17-14(20)7-8-18-15(21)13-9-12(19-22-13)10-3-5-11(16)6-4-10/h3-6,13H,2,7-9H2,1H3,(H,17,20)(H,18,21)/t13-/m0/s1. The van der Waals surface area contributed by atoms with Crippen LogP contribution in [0, 0.1) is 0 Å². The molecule has 22 heavy (non-hydrogen) atoms. The molecule has 0 fully saturated rings. The maximum atomic E-state index is 12.0. The second-order valence-electron chi connectivity index (χ2n) is 4.84. The molecule has 1 atom stereocenters. The van der Waals surface area contributed by atoms with Gasteiger partial charge in [-0.05, 0) is 24.6 Å². The van der Waals surface area contributed by atoms with Gasteiger partial charge in [0.2, 0.25) is 12.0 Å². The lowest BCUT2D eigenvalue weighted by atomic mass is 10.0. The zero-order chi connectivity index (χ0) is 15.9. The normalized spacial score (nSPS) is 16.6. The summed E-state index contributed by atoms with van der Waals surface area (Å²) in [6.07, 6.45) is -0.00819. The summed E-state index contributed by atoms with van der Waals surface area (Å²) in [5.41, 5.74) is 1.59. The van der Waals surface area contributed by atoms with Gasteiger partial charge in [-0.3, -0.25) is 9.59 Å². The quantitative estimate of drug-likeness (QED) is 0.832. The van der Waals surface area contributed by atoms with E-state index in [0.29, 0.717) is 23.7 Å². The van der Waals surface area contributed by atoms with Crippen LogP contribution < -0.4 is 10.6 Å². The van der Waals surface area contributed by atoms with Crippen LogP contribution in [-0.4, -0.2) is 36.7 Å². The number of benzene rings is 1. The first-order chi connectivity index (χ1) is 10.6. The highest BCUT2D eigenvalue weighted by molar-refractivity contribution is 6.30. The molecule has 0 saturated heterocycles. The average Bonchev–Trinajstić information content (AvgIpc) is 2.98. The lowest BCUT2D eigenvalue weighted by Gasteiger charge is -2.09. The fourth-order valence-corrected chi connectivity index (χ4v) is 2.16. The molecule has 0 aromatic heterocycles. The molecular weight excluding hydrogens is 306 g/mol. The van der Waals surface area contributed by atoms with Crippen molar-refractivity contribution in [1.29, 1.82) is 0 Å². The van der Waals surface area contributed by atoms with Gasteiger partial charge in [-0.1, -0.05) is 28.9 Å². The summed E-state index contributed by atoms with van der Waals surface area (Å²) in [6.45, 7) is 2.70. The third-order valence-electron chi connectivity index (χ3n) is 3.16. The van der Waals surface area contributed by atoms with E-state index in [1.165, 1.54) is 0 Å². The van der Waals surface area contributed by atoms with E-state index in [-0.39, 0.29) is 24.8 Å². The molecule has 118 valence electrons. The molecule has 7 heteroatoms. The maximum absolute atomic E-state index is 12.0. The maximum Gasteiger partial charge on any atom is 0.264 e. The zero-order valence-corrected chi connectivity index (χ0v) is 13.0. The Balaban J connectivity index is 1.78. The topological polar surface area (TPSA) is 79.8 Å². The van der Waals surface area contributed by atoms with Crippen molar-refractivity contribution in [2.45, 2.75) is 25.9 Å². The summed E-state index contributed by atoms with van der Waals surface area (Å²) < 4.78 is 0. The summed E-state index contributed by atoms with van der Waals surface area (Å²) in [7, 11) is 0. The van der Waals surface area contributed by atoms with E-state index in [2.05, 4.69) is 15.8 Å². The van der Waals surface area contributed by atoms with E-state index in [4.69, 9.17) is 16.4 Å². The van der Waals surface area contributed by atoms with E-state index in [1.807, 2.05) is 19.1 Å². The number of nitrogens with one attached hydrogen (secondary N) is 2. The molecule has 0 unspecified atom stereocenters. The number of hydrogen-bond donors (Lipinski definition) is 2. The number of carbonyl (C=O) groups excluding carboxylic acids is 2. The first-order valence-corrected chi connectivity index (χ1v) is 7.51. The predicted octanol–water partition coefficient (Wildman–Crippen LogP) is 1.48. The number of hydrogen-bond acceptors (Lipinski definition) is 4. The van der Waals surface area contributed by atoms with Gasteiger partial charge < -0.3 is 15.5 Å². The summed E-state index contributed by atoms with van der Waals surface area (Å²) in [4.78, 5) is 28.4. The van der Waals surface area contributed by atoms with Gasteiger partial charge in [0, 0.05) is 31.0 Å². The molecule has 0 aliphatic carbocycles. The van der Waals surface area contributed by atoms with E-state index in [0.717, 1.165) is 5.56 Å². The molecule has 0 spiro atoms. The summed E-state index contributed by atoms with van der Waals surface area (Å²) >= 11 is 5.83. The van der Waals surface area contributed by atoms with Gasteiger partial charge in [0.25, 0.3) is 5.91 Å². The van der Waals surface area contributed by atoms with Gasteiger partial charge in [0.1, 0.15) is 0 Å². The first-order valence-electron chi connectivity index (χ1n) is 7.13. The van der Waals surface area contributed by atoms with E-state index >= 15 is 0 Å². The third-order valence-corrected chi connectivity index (χ3v) is 3.42. The second kappa shape index (κ2) is 7.79. The highest BCUT2D eigenvalue weighted by Gasteiger charge is 2.28. The van der Waals surface area contributed by atoms with Crippen LogP contribution in [0.5, 0.6) is 0 Å². The molecule has 2 N–H and O–H groups in total. The Hall–Kier alpha value is -2.08. The molecule has 1 heterocycles. The smallest absolute Gasteiger partial charge is 0.264 e. The van der Waals surface area contributed by atoms with Crippen LogP contribution in [0.1, 0.15) is 25.3 Å². The highest BCUT2D eigenvalue weighted by Crippen LogP contribution is 2.18. The van der Waals surface area contributed by atoms with Crippen LogP contribution in [0.2, 0.25) is 5.02 Å². The molecule has 0 bridgehead atoms. The summed E-state index contributed by atoms with van der Waals surface area (Å²) in [6, 6.07) is 7.19. The zero-order valence-electron chi connectivity index (χ0n) is 12.3. The molecule has 0 saturated carbocycles. The SMILES string of the molecule is CCNC(=O)CCNC(=O)[C@@H]1CC(c2ccc(Cl)cc2)=NO1. The number of amides is 2. The third kappa shape index (κ3) is 4.46. The fraction of sp³-hybridized carbons (Fsp3) is 0.400. The summed E-state index contributed by atoms with van der Waals surface area (Å²) in [5, 5.41) is 9.93. The average molecular weight is 324 g/mol. The Bertz CT molecular complexity index is 572. The Morgan fingerprint density at radius 3 is 2.73 bits per heavy atom. The van der Waals surface area contributed by atoms with Crippen molar-refractivity contribution in [3.05, 3.63) is 34.9 Å². The minimum absolute atomic E-state index is 0.0896. The van der Waals surface area contributed by atoms with Crippen molar-refractivity contribution >= 4 is 29.1 Å². The van der Waals surface area contributed by atoms with Gasteiger partial charge in [0.15, 0.2) is 0 Å². The van der Waals surface area contributed by atoms with Crippen molar-refractivity contribution in [3.63, 3.8) is 0 Å². The Morgan fingerprint density at radius 1 is 1.32 bits per heavy atom. The minimum atomic E-state index is -0.653. The molecule has 2 rings (SSSR count).